The van der Waals surface area contributed by atoms with Gasteiger partial charge in [-0.25, -0.2) is 9.78 Å². The van der Waals surface area contributed by atoms with Gasteiger partial charge in [-0.2, -0.15) is 0 Å². The summed E-state index contributed by atoms with van der Waals surface area (Å²) in [5, 5.41) is 7.99. The molecule has 8 nitrogen and oxygen atoms in total. The van der Waals surface area contributed by atoms with Crippen LogP contribution in [0.1, 0.15) is 5.76 Å². The van der Waals surface area contributed by atoms with Crippen LogP contribution in [0.5, 0.6) is 0 Å². The largest absolute Gasteiger partial charge is 0.458 e. The van der Waals surface area contributed by atoms with Gasteiger partial charge in [-0.3, -0.25) is 4.99 Å². The van der Waals surface area contributed by atoms with Gasteiger partial charge in [-0.15, -0.1) is 11.3 Å². The maximum atomic E-state index is 10.6. The monoisotopic (exact) mass is 308 g/mol. The summed E-state index contributed by atoms with van der Waals surface area (Å²) in [6.07, 6.45) is 1.57. The normalized spacial score (nSPS) is 10.9. The molecule has 0 unspecified atom stereocenters. The van der Waals surface area contributed by atoms with E-state index >= 15 is 0 Å². The Morgan fingerprint density at radius 2 is 2.38 bits per heavy atom. The van der Waals surface area contributed by atoms with Gasteiger partial charge in [0.05, 0.1) is 19.4 Å². The fraction of sp³-hybridized carbons (Fsp3) is 0.250. The van der Waals surface area contributed by atoms with Crippen LogP contribution in [0.15, 0.2) is 26.9 Å². The fourth-order valence-electron chi connectivity index (χ4n) is 1.48. The summed E-state index contributed by atoms with van der Waals surface area (Å²) in [5.41, 5.74) is 11.0. The van der Waals surface area contributed by atoms with Crippen molar-refractivity contribution >= 4 is 28.8 Å². The zero-order chi connectivity index (χ0) is 15.1. The zero-order valence-electron chi connectivity index (χ0n) is 11.2. The third-order valence-electron chi connectivity index (χ3n) is 2.39. The molecule has 9 heteroatoms. The zero-order valence-corrected chi connectivity index (χ0v) is 12.0. The van der Waals surface area contributed by atoms with Crippen molar-refractivity contribution in [1.82, 2.24) is 10.3 Å². The maximum absolute atomic E-state index is 10.6. The highest BCUT2D eigenvalue weighted by atomic mass is 32.1. The van der Waals surface area contributed by atoms with Crippen molar-refractivity contribution in [3.63, 3.8) is 0 Å². The van der Waals surface area contributed by atoms with Crippen molar-refractivity contribution in [2.24, 2.45) is 16.5 Å². The molecule has 2 aromatic heterocycles. The highest BCUT2D eigenvalue weighted by molar-refractivity contribution is 7.14. The van der Waals surface area contributed by atoms with Gasteiger partial charge >= 0.3 is 6.03 Å². The molecule has 112 valence electrons. The molecule has 21 heavy (non-hydrogen) atoms. The van der Waals surface area contributed by atoms with E-state index < -0.39 is 6.03 Å². The van der Waals surface area contributed by atoms with Crippen molar-refractivity contribution < 1.29 is 9.21 Å². The molecular formula is C12H16N6O2S. The van der Waals surface area contributed by atoms with Crippen LogP contribution < -0.4 is 22.1 Å². The van der Waals surface area contributed by atoms with Crippen LogP contribution in [0.2, 0.25) is 0 Å². The number of urea groups is 1. The number of aliphatic imine (C=N–C) groups is 1. The number of amides is 2. The SMILES string of the molecule is NCCN=CNc1nc(-c2ccc(CNC(N)=O)o2)cs1. The van der Waals surface area contributed by atoms with E-state index in [0.717, 1.165) is 0 Å². The van der Waals surface area contributed by atoms with E-state index in [0.29, 0.717) is 35.4 Å². The number of carbonyl (C=O) groups is 1. The number of rotatable bonds is 7. The van der Waals surface area contributed by atoms with Crippen LogP contribution >= 0.6 is 11.3 Å². The van der Waals surface area contributed by atoms with Gasteiger partial charge in [0.1, 0.15) is 11.5 Å². The summed E-state index contributed by atoms with van der Waals surface area (Å²) in [6.45, 7) is 1.33. The molecule has 2 amide bonds. The Balaban J connectivity index is 1.96. The lowest BCUT2D eigenvalue weighted by Gasteiger charge is -1.97. The molecule has 0 bridgehead atoms. The molecule has 0 saturated heterocycles. The summed E-state index contributed by atoms with van der Waals surface area (Å²) >= 11 is 1.44. The van der Waals surface area contributed by atoms with Crippen molar-refractivity contribution in [3.05, 3.63) is 23.3 Å². The number of furan rings is 1. The number of anilines is 1. The first-order valence-corrected chi connectivity index (χ1v) is 7.10. The number of carbonyl (C=O) groups excluding carboxylic acids is 1. The number of nitrogens with two attached hydrogens (primary N) is 2. The number of hydrogen-bond donors (Lipinski definition) is 4. The van der Waals surface area contributed by atoms with E-state index in [-0.39, 0.29) is 6.54 Å². The number of nitrogens with zero attached hydrogens (tertiary/aromatic N) is 2. The van der Waals surface area contributed by atoms with Gasteiger partial charge in [0.2, 0.25) is 0 Å². The molecule has 2 heterocycles. The standard InChI is InChI=1S/C12H16N6O2S/c13-3-4-15-7-17-12-18-9(6-21-12)10-2-1-8(20-10)5-16-11(14)19/h1-2,6-7H,3-5,13H2,(H3,14,16,19)(H,15,17,18). The molecule has 0 aromatic carbocycles. The summed E-state index contributed by atoms with van der Waals surface area (Å²) in [5.74, 6) is 1.23. The van der Waals surface area contributed by atoms with Gasteiger partial charge < -0.3 is 26.5 Å². The number of primary amides is 1. The fourth-order valence-corrected chi connectivity index (χ4v) is 2.14. The molecule has 0 aliphatic heterocycles. The first-order valence-electron chi connectivity index (χ1n) is 6.22. The van der Waals surface area contributed by atoms with Crippen LogP contribution in [-0.4, -0.2) is 30.4 Å². The first kappa shape index (κ1) is 15.0. The summed E-state index contributed by atoms with van der Waals surface area (Å²) in [6, 6.07) is 2.96. The van der Waals surface area contributed by atoms with Gasteiger partial charge in [0.25, 0.3) is 0 Å². The molecular weight excluding hydrogens is 292 g/mol. The summed E-state index contributed by atoms with van der Waals surface area (Å²) in [7, 11) is 0. The summed E-state index contributed by atoms with van der Waals surface area (Å²) < 4.78 is 5.57. The average molecular weight is 308 g/mol. The lowest BCUT2D eigenvalue weighted by atomic mass is 10.3. The van der Waals surface area contributed by atoms with Crippen LogP contribution in [0.3, 0.4) is 0 Å². The third kappa shape index (κ3) is 4.58. The minimum Gasteiger partial charge on any atom is -0.458 e. The Morgan fingerprint density at radius 1 is 1.52 bits per heavy atom. The number of hydrogen-bond acceptors (Lipinski definition) is 6. The minimum absolute atomic E-state index is 0.246. The van der Waals surface area contributed by atoms with E-state index in [1.54, 1.807) is 18.5 Å². The van der Waals surface area contributed by atoms with Gasteiger partial charge in [0, 0.05) is 11.9 Å². The quantitative estimate of drug-likeness (QED) is 0.447. The topological polar surface area (TPSA) is 132 Å². The van der Waals surface area contributed by atoms with E-state index in [1.807, 2.05) is 5.38 Å². The van der Waals surface area contributed by atoms with Crippen LogP contribution in [0.25, 0.3) is 11.5 Å². The molecule has 0 aliphatic carbocycles. The second-order valence-electron chi connectivity index (χ2n) is 3.99. The molecule has 0 spiro atoms. The van der Waals surface area contributed by atoms with Crippen molar-refractivity contribution in [1.29, 1.82) is 0 Å². The smallest absolute Gasteiger partial charge is 0.312 e. The molecule has 0 saturated carbocycles. The lowest BCUT2D eigenvalue weighted by molar-refractivity contribution is 0.247. The Bertz CT molecular complexity index is 621. The highest BCUT2D eigenvalue weighted by Crippen LogP contribution is 2.26. The highest BCUT2D eigenvalue weighted by Gasteiger charge is 2.09. The van der Waals surface area contributed by atoms with Crippen LogP contribution in [0, 0.1) is 0 Å². The molecule has 2 rings (SSSR count). The predicted octanol–water partition coefficient (Wildman–Crippen LogP) is 0.970. The van der Waals surface area contributed by atoms with Crippen LogP contribution in [0.4, 0.5) is 9.93 Å². The number of nitrogens with one attached hydrogen (secondary N) is 2. The number of aromatic nitrogens is 1. The van der Waals surface area contributed by atoms with Crippen molar-refractivity contribution in [2.75, 3.05) is 18.4 Å². The van der Waals surface area contributed by atoms with E-state index in [4.69, 9.17) is 15.9 Å². The third-order valence-corrected chi connectivity index (χ3v) is 3.17. The minimum atomic E-state index is -0.593. The van der Waals surface area contributed by atoms with Crippen LogP contribution in [-0.2, 0) is 6.54 Å². The van der Waals surface area contributed by atoms with Gasteiger partial charge in [-0.05, 0) is 12.1 Å². The summed E-state index contributed by atoms with van der Waals surface area (Å²) in [4.78, 5) is 19.0. The predicted molar refractivity (Wildman–Crippen MR) is 82.3 cm³/mol. The van der Waals surface area contributed by atoms with E-state index in [9.17, 15) is 4.79 Å². The molecule has 6 N–H and O–H groups in total. The van der Waals surface area contributed by atoms with E-state index in [1.165, 1.54) is 11.3 Å². The average Bonchev–Trinajstić information content (AvgIpc) is 3.10. The van der Waals surface area contributed by atoms with Crippen molar-refractivity contribution in [2.45, 2.75) is 6.54 Å². The molecule has 0 aliphatic rings. The van der Waals surface area contributed by atoms with Crippen molar-refractivity contribution in [3.8, 4) is 11.5 Å². The first-order chi connectivity index (χ1) is 10.2. The Labute approximate surface area is 125 Å². The second-order valence-corrected chi connectivity index (χ2v) is 4.85. The Hall–Kier alpha value is -2.39. The Morgan fingerprint density at radius 3 is 3.14 bits per heavy atom. The lowest BCUT2D eigenvalue weighted by Crippen LogP contribution is -2.28. The maximum Gasteiger partial charge on any atom is 0.312 e. The molecule has 0 atom stereocenters. The molecule has 0 radical (unpaired) electrons. The molecule has 2 aromatic rings. The Kier molecular flexibility index (Phi) is 5.29. The second kappa shape index (κ2) is 7.41. The van der Waals surface area contributed by atoms with Gasteiger partial charge in [-0.1, -0.05) is 0 Å². The van der Waals surface area contributed by atoms with E-state index in [2.05, 4.69) is 20.6 Å². The number of thiazole rings is 1. The molecule has 0 fully saturated rings. The van der Waals surface area contributed by atoms with Gasteiger partial charge in [0.15, 0.2) is 10.9 Å².